The SMILES string of the molecule is C/C(=C\CCN1CCNCC1)c1ccc(F)cc1. The van der Waals surface area contributed by atoms with E-state index in [2.05, 4.69) is 23.2 Å². The topological polar surface area (TPSA) is 15.3 Å². The second-order valence-electron chi connectivity index (χ2n) is 4.77. The number of halogens is 1. The molecule has 1 aromatic carbocycles. The van der Waals surface area contributed by atoms with E-state index >= 15 is 0 Å². The van der Waals surface area contributed by atoms with E-state index in [1.165, 1.54) is 17.7 Å². The van der Waals surface area contributed by atoms with Gasteiger partial charge in [-0.05, 0) is 36.6 Å². The maximum absolute atomic E-state index is 12.8. The Morgan fingerprint density at radius 2 is 1.94 bits per heavy atom. The van der Waals surface area contributed by atoms with Crippen molar-refractivity contribution in [2.75, 3.05) is 32.7 Å². The molecular weight excluding hydrogens is 227 g/mol. The summed E-state index contributed by atoms with van der Waals surface area (Å²) in [5.74, 6) is -0.174. The molecule has 0 unspecified atom stereocenters. The number of rotatable bonds is 4. The van der Waals surface area contributed by atoms with Crippen molar-refractivity contribution in [1.29, 1.82) is 0 Å². The largest absolute Gasteiger partial charge is 0.314 e. The van der Waals surface area contributed by atoms with Gasteiger partial charge < -0.3 is 10.2 Å². The van der Waals surface area contributed by atoms with Gasteiger partial charge in [-0.1, -0.05) is 18.2 Å². The van der Waals surface area contributed by atoms with Gasteiger partial charge >= 0.3 is 0 Å². The molecule has 0 aliphatic carbocycles. The Morgan fingerprint density at radius 1 is 1.28 bits per heavy atom. The van der Waals surface area contributed by atoms with Gasteiger partial charge in [-0.15, -0.1) is 0 Å². The fourth-order valence-electron chi connectivity index (χ4n) is 2.23. The summed E-state index contributed by atoms with van der Waals surface area (Å²) < 4.78 is 12.8. The van der Waals surface area contributed by atoms with E-state index in [9.17, 15) is 4.39 Å². The summed E-state index contributed by atoms with van der Waals surface area (Å²) in [5.41, 5.74) is 2.34. The molecule has 1 aromatic rings. The minimum absolute atomic E-state index is 0.174. The second-order valence-corrected chi connectivity index (χ2v) is 4.77. The molecule has 98 valence electrons. The maximum atomic E-state index is 12.8. The molecule has 18 heavy (non-hydrogen) atoms. The molecule has 0 spiro atoms. The summed E-state index contributed by atoms with van der Waals surface area (Å²) in [7, 11) is 0. The molecule has 1 fully saturated rings. The standard InChI is InChI=1S/C15H21FN2/c1-13(14-4-6-15(16)7-5-14)3-2-10-18-11-8-17-9-12-18/h3-7,17H,2,8-12H2,1H3/b13-3+. The first-order chi connectivity index (χ1) is 8.75. The average Bonchev–Trinajstić information content (AvgIpc) is 2.40. The Bertz CT molecular complexity index is 391. The molecule has 0 radical (unpaired) electrons. The molecule has 2 rings (SSSR count). The van der Waals surface area contributed by atoms with Crippen LogP contribution in [0.25, 0.3) is 5.57 Å². The van der Waals surface area contributed by atoms with E-state index in [1.54, 1.807) is 0 Å². The molecule has 0 amide bonds. The van der Waals surface area contributed by atoms with Crippen molar-refractivity contribution < 1.29 is 4.39 Å². The number of nitrogens with one attached hydrogen (secondary N) is 1. The molecular formula is C15H21FN2. The van der Waals surface area contributed by atoms with E-state index in [0.717, 1.165) is 44.7 Å². The van der Waals surface area contributed by atoms with Gasteiger partial charge in [-0.2, -0.15) is 0 Å². The van der Waals surface area contributed by atoms with Crippen molar-refractivity contribution in [2.45, 2.75) is 13.3 Å². The van der Waals surface area contributed by atoms with Crippen LogP contribution in [0.5, 0.6) is 0 Å². The third-order valence-corrected chi connectivity index (χ3v) is 3.41. The van der Waals surface area contributed by atoms with Crippen LogP contribution < -0.4 is 5.32 Å². The number of nitrogens with zero attached hydrogens (tertiary/aromatic N) is 1. The molecule has 1 heterocycles. The first kappa shape index (κ1) is 13.2. The van der Waals surface area contributed by atoms with Crippen LogP contribution in [-0.2, 0) is 0 Å². The van der Waals surface area contributed by atoms with Gasteiger partial charge in [0.05, 0.1) is 0 Å². The highest BCUT2D eigenvalue weighted by Gasteiger charge is 2.07. The molecule has 0 aromatic heterocycles. The summed E-state index contributed by atoms with van der Waals surface area (Å²) in [6.45, 7) is 7.68. The van der Waals surface area contributed by atoms with Crippen LogP contribution in [0.3, 0.4) is 0 Å². The Balaban J connectivity index is 1.82. The Morgan fingerprint density at radius 3 is 2.61 bits per heavy atom. The van der Waals surface area contributed by atoms with Gasteiger partial charge in [-0.3, -0.25) is 0 Å². The van der Waals surface area contributed by atoms with Crippen molar-refractivity contribution in [1.82, 2.24) is 10.2 Å². The molecule has 3 heteroatoms. The highest BCUT2D eigenvalue weighted by atomic mass is 19.1. The number of benzene rings is 1. The first-order valence-electron chi connectivity index (χ1n) is 6.61. The highest BCUT2D eigenvalue weighted by molar-refractivity contribution is 5.63. The smallest absolute Gasteiger partial charge is 0.123 e. The van der Waals surface area contributed by atoms with E-state index < -0.39 is 0 Å². The molecule has 1 N–H and O–H groups in total. The van der Waals surface area contributed by atoms with Gasteiger partial charge in [0.2, 0.25) is 0 Å². The summed E-state index contributed by atoms with van der Waals surface area (Å²) >= 11 is 0. The van der Waals surface area contributed by atoms with E-state index in [1.807, 2.05) is 12.1 Å². The molecule has 0 atom stereocenters. The summed E-state index contributed by atoms with van der Waals surface area (Å²) in [5, 5.41) is 3.35. The zero-order valence-electron chi connectivity index (χ0n) is 11.0. The van der Waals surface area contributed by atoms with Gasteiger partial charge in [-0.25, -0.2) is 4.39 Å². The first-order valence-corrected chi connectivity index (χ1v) is 6.61. The van der Waals surface area contributed by atoms with E-state index in [0.29, 0.717) is 0 Å². The van der Waals surface area contributed by atoms with Crippen LogP contribution in [0.2, 0.25) is 0 Å². The van der Waals surface area contributed by atoms with Gasteiger partial charge in [0.25, 0.3) is 0 Å². The maximum Gasteiger partial charge on any atom is 0.123 e. The van der Waals surface area contributed by atoms with Crippen LogP contribution in [0.1, 0.15) is 18.9 Å². The van der Waals surface area contributed by atoms with Crippen LogP contribution in [-0.4, -0.2) is 37.6 Å². The predicted molar refractivity (Wildman–Crippen MR) is 74.0 cm³/mol. The number of hydrogen-bond donors (Lipinski definition) is 1. The lowest BCUT2D eigenvalue weighted by Gasteiger charge is -2.26. The summed E-state index contributed by atoms with van der Waals surface area (Å²) in [6, 6.07) is 6.71. The van der Waals surface area contributed by atoms with Gasteiger partial charge in [0, 0.05) is 32.7 Å². The fourth-order valence-corrected chi connectivity index (χ4v) is 2.23. The second kappa shape index (κ2) is 6.66. The third kappa shape index (κ3) is 3.93. The number of piperazine rings is 1. The predicted octanol–water partition coefficient (Wildman–Crippen LogP) is 2.52. The van der Waals surface area contributed by atoms with Crippen molar-refractivity contribution in [3.8, 4) is 0 Å². The monoisotopic (exact) mass is 248 g/mol. The number of allylic oxidation sites excluding steroid dienone is 1. The average molecular weight is 248 g/mol. The van der Waals surface area contributed by atoms with Crippen LogP contribution in [0.15, 0.2) is 30.3 Å². The lowest BCUT2D eigenvalue weighted by atomic mass is 10.1. The number of hydrogen-bond acceptors (Lipinski definition) is 2. The molecule has 1 aliphatic rings. The van der Waals surface area contributed by atoms with Crippen LogP contribution in [0, 0.1) is 5.82 Å². The van der Waals surface area contributed by atoms with E-state index in [-0.39, 0.29) is 5.82 Å². The Kier molecular flexibility index (Phi) is 4.90. The lowest BCUT2D eigenvalue weighted by Crippen LogP contribution is -2.43. The fraction of sp³-hybridized carbons (Fsp3) is 0.467. The molecule has 0 bridgehead atoms. The van der Waals surface area contributed by atoms with Crippen molar-refractivity contribution in [3.63, 3.8) is 0 Å². The van der Waals surface area contributed by atoms with Gasteiger partial charge in [0.1, 0.15) is 5.82 Å². The van der Waals surface area contributed by atoms with Crippen molar-refractivity contribution in [3.05, 3.63) is 41.7 Å². The minimum Gasteiger partial charge on any atom is -0.314 e. The van der Waals surface area contributed by atoms with Crippen LogP contribution >= 0.6 is 0 Å². The Labute approximate surface area is 108 Å². The van der Waals surface area contributed by atoms with Crippen molar-refractivity contribution >= 4 is 5.57 Å². The third-order valence-electron chi connectivity index (χ3n) is 3.41. The van der Waals surface area contributed by atoms with Gasteiger partial charge in [0.15, 0.2) is 0 Å². The lowest BCUT2D eigenvalue weighted by molar-refractivity contribution is 0.245. The normalized spacial score (nSPS) is 18.0. The summed E-state index contributed by atoms with van der Waals surface area (Å²) in [6.07, 6.45) is 3.30. The Hall–Kier alpha value is -1.19. The molecule has 0 saturated carbocycles. The minimum atomic E-state index is -0.174. The molecule has 2 nitrogen and oxygen atoms in total. The highest BCUT2D eigenvalue weighted by Crippen LogP contribution is 2.14. The zero-order chi connectivity index (χ0) is 12.8. The molecule has 1 aliphatic heterocycles. The molecule has 1 saturated heterocycles. The van der Waals surface area contributed by atoms with Crippen LogP contribution in [0.4, 0.5) is 4.39 Å². The van der Waals surface area contributed by atoms with Crippen molar-refractivity contribution in [2.24, 2.45) is 0 Å². The zero-order valence-corrected chi connectivity index (χ0v) is 11.0. The summed E-state index contributed by atoms with van der Waals surface area (Å²) in [4.78, 5) is 2.48. The quantitative estimate of drug-likeness (QED) is 0.881. The van der Waals surface area contributed by atoms with E-state index in [4.69, 9.17) is 0 Å².